The van der Waals surface area contributed by atoms with E-state index in [4.69, 9.17) is 0 Å². The van der Waals surface area contributed by atoms with Crippen LogP contribution in [0.3, 0.4) is 0 Å². The summed E-state index contributed by atoms with van der Waals surface area (Å²) in [5, 5.41) is 3.52. The summed E-state index contributed by atoms with van der Waals surface area (Å²) in [7, 11) is 1.81. The summed E-state index contributed by atoms with van der Waals surface area (Å²) in [5.74, 6) is 1.00. The molecule has 0 spiro atoms. The first-order valence-electron chi connectivity index (χ1n) is 10.8. The first-order chi connectivity index (χ1) is 14.1. The van der Waals surface area contributed by atoms with Gasteiger partial charge in [0.15, 0.2) is 5.96 Å². The van der Waals surface area contributed by atoms with E-state index in [9.17, 15) is 9.18 Å². The Bertz CT molecular complexity index is 756. The molecule has 0 unspecified atom stereocenters. The molecule has 166 valence electrons. The van der Waals surface area contributed by atoms with Crippen LogP contribution < -0.4 is 5.32 Å². The lowest BCUT2D eigenvalue weighted by atomic mass is 9.96. The number of halogens is 2. The number of aliphatic imine (C=N–C) groups is 1. The summed E-state index contributed by atoms with van der Waals surface area (Å²) < 4.78 is 13.6. The Balaban J connectivity index is 0.00000256. The Hall–Kier alpha value is -1.42. The van der Waals surface area contributed by atoms with Gasteiger partial charge in [-0.25, -0.2) is 4.39 Å². The van der Waals surface area contributed by atoms with Gasteiger partial charge in [0, 0.05) is 58.3 Å². The van der Waals surface area contributed by atoms with Crippen LogP contribution in [0.5, 0.6) is 0 Å². The minimum atomic E-state index is -0.169. The topological polar surface area (TPSA) is 51.2 Å². The zero-order valence-electron chi connectivity index (χ0n) is 17.8. The smallest absolute Gasteiger partial charge is 0.236 e. The third kappa shape index (κ3) is 5.43. The Morgan fingerprint density at radius 2 is 1.80 bits per heavy atom. The highest BCUT2D eigenvalue weighted by Gasteiger charge is 2.44. The van der Waals surface area contributed by atoms with Crippen molar-refractivity contribution in [1.82, 2.24) is 20.0 Å². The average molecular weight is 529 g/mol. The fourth-order valence-corrected chi connectivity index (χ4v) is 4.49. The maximum atomic E-state index is 13.6. The molecule has 0 bridgehead atoms. The number of rotatable bonds is 5. The molecular weight excluding hydrogens is 496 g/mol. The molecule has 1 aromatic carbocycles. The summed E-state index contributed by atoms with van der Waals surface area (Å²) in [6, 6.07) is 6.98. The van der Waals surface area contributed by atoms with Crippen molar-refractivity contribution in [2.24, 2.45) is 4.99 Å². The molecule has 4 rings (SSSR count). The Labute approximate surface area is 195 Å². The van der Waals surface area contributed by atoms with Crippen molar-refractivity contribution in [2.45, 2.75) is 31.1 Å². The van der Waals surface area contributed by atoms with Gasteiger partial charge in [-0.05, 0) is 43.4 Å². The van der Waals surface area contributed by atoms with Crippen molar-refractivity contribution >= 4 is 35.8 Å². The number of carbonyl (C=O) groups excluding carboxylic acids is 1. The third-order valence-corrected chi connectivity index (χ3v) is 6.58. The van der Waals surface area contributed by atoms with Gasteiger partial charge < -0.3 is 15.1 Å². The minimum absolute atomic E-state index is 0. The van der Waals surface area contributed by atoms with Crippen LogP contribution in [-0.2, 0) is 10.2 Å². The lowest BCUT2D eigenvalue weighted by molar-refractivity contribution is -0.131. The van der Waals surface area contributed by atoms with E-state index in [2.05, 4.69) is 20.1 Å². The number of carbonyl (C=O) groups is 1. The molecule has 8 heteroatoms. The highest BCUT2D eigenvalue weighted by Crippen LogP contribution is 2.47. The Kier molecular flexibility index (Phi) is 7.95. The fourth-order valence-electron chi connectivity index (χ4n) is 4.49. The van der Waals surface area contributed by atoms with Crippen LogP contribution >= 0.6 is 24.0 Å². The summed E-state index contributed by atoms with van der Waals surface area (Å²) in [6.07, 6.45) is 4.43. The molecule has 2 saturated heterocycles. The predicted molar refractivity (Wildman–Crippen MR) is 128 cm³/mol. The molecule has 0 aromatic heterocycles. The van der Waals surface area contributed by atoms with E-state index >= 15 is 0 Å². The number of nitrogens with one attached hydrogen (secondary N) is 1. The molecule has 0 atom stereocenters. The largest absolute Gasteiger partial charge is 0.355 e. The molecule has 2 aliphatic heterocycles. The zero-order valence-corrected chi connectivity index (χ0v) is 20.1. The standard InChI is InChI=1S/C22H32FN5O.HI/c1-24-21(25-17-22(7-8-22)18-5-4-6-19(23)15-18)28-13-11-26(12-14-28)16-20(29)27-9-2-3-10-27;/h4-6,15H,2-3,7-14,16-17H2,1H3,(H,24,25);1H. The van der Waals surface area contributed by atoms with Gasteiger partial charge in [-0.2, -0.15) is 0 Å². The van der Waals surface area contributed by atoms with Crippen molar-refractivity contribution in [1.29, 1.82) is 0 Å². The summed E-state index contributed by atoms with van der Waals surface area (Å²) in [6.45, 7) is 6.61. The molecule has 2 heterocycles. The lowest BCUT2D eigenvalue weighted by Crippen LogP contribution is -2.54. The number of likely N-dealkylation sites (tertiary alicyclic amines) is 1. The van der Waals surface area contributed by atoms with E-state index in [1.165, 1.54) is 6.07 Å². The first-order valence-corrected chi connectivity index (χ1v) is 10.8. The van der Waals surface area contributed by atoms with Crippen LogP contribution in [0.2, 0.25) is 0 Å². The second kappa shape index (κ2) is 10.3. The number of hydrogen-bond acceptors (Lipinski definition) is 3. The van der Waals surface area contributed by atoms with Crippen LogP contribution in [0.1, 0.15) is 31.2 Å². The van der Waals surface area contributed by atoms with Crippen molar-refractivity contribution in [3.05, 3.63) is 35.6 Å². The number of amides is 1. The van der Waals surface area contributed by atoms with Crippen LogP contribution in [0.25, 0.3) is 0 Å². The maximum absolute atomic E-state index is 13.6. The number of hydrogen-bond donors (Lipinski definition) is 1. The first kappa shape index (κ1) is 23.2. The SMILES string of the molecule is CN=C(NCC1(c2cccc(F)c2)CC1)N1CCN(CC(=O)N2CCCC2)CC1.I. The second-order valence-corrected chi connectivity index (χ2v) is 8.54. The molecule has 3 aliphatic rings. The van der Waals surface area contributed by atoms with Crippen LogP contribution in [0, 0.1) is 5.82 Å². The quantitative estimate of drug-likeness (QED) is 0.362. The minimum Gasteiger partial charge on any atom is -0.355 e. The Morgan fingerprint density at radius 1 is 1.10 bits per heavy atom. The second-order valence-electron chi connectivity index (χ2n) is 8.54. The molecule has 3 fully saturated rings. The van der Waals surface area contributed by atoms with Gasteiger partial charge in [-0.3, -0.25) is 14.7 Å². The molecule has 1 N–H and O–H groups in total. The van der Waals surface area contributed by atoms with E-state index in [0.29, 0.717) is 6.54 Å². The summed E-state index contributed by atoms with van der Waals surface area (Å²) in [4.78, 5) is 23.3. The molecular formula is C22H33FIN5O. The van der Waals surface area contributed by atoms with E-state index in [1.807, 2.05) is 18.0 Å². The third-order valence-electron chi connectivity index (χ3n) is 6.58. The fraction of sp³-hybridized carbons (Fsp3) is 0.636. The monoisotopic (exact) mass is 529 g/mol. The number of nitrogens with zero attached hydrogens (tertiary/aromatic N) is 4. The molecule has 1 aliphatic carbocycles. The van der Waals surface area contributed by atoms with E-state index in [1.54, 1.807) is 12.1 Å². The number of benzene rings is 1. The van der Waals surface area contributed by atoms with Gasteiger partial charge in [-0.1, -0.05) is 12.1 Å². The molecule has 1 amide bonds. The summed E-state index contributed by atoms with van der Waals surface area (Å²) >= 11 is 0. The van der Waals surface area contributed by atoms with Gasteiger partial charge in [-0.15, -0.1) is 24.0 Å². The lowest BCUT2D eigenvalue weighted by Gasteiger charge is -2.37. The normalized spacial score (nSPS) is 21.3. The van der Waals surface area contributed by atoms with Gasteiger partial charge in [0.05, 0.1) is 6.54 Å². The maximum Gasteiger partial charge on any atom is 0.236 e. The van der Waals surface area contributed by atoms with Gasteiger partial charge in [0.2, 0.25) is 5.91 Å². The highest BCUT2D eigenvalue weighted by molar-refractivity contribution is 14.0. The predicted octanol–water partition coefficient (Wildman–Crippen LogP) is 2.29. The molecule has 30 heavy (non-hydrogen) atoms. The highest BCUT2D eigenvalue weighted by atomic mass is 127. The number of guanidine groups is 1. The zero-order chi connectivity index (χ0) is 20.3. The van der Waals surface area contributed by atoms with E-state index in [-0.39, 0.29) is 41.1 Å². The van der Waals surface area contributed by atoms with Crippen LogP contribution in [-0.4, -0.2) is 86.0 Å². The van der Waals surface area contributed by atoms with Crippen LogP contribution in [0.15, 0.2) is 29.3 Å². The van der Waals surface area contributed by atoms with Crippen molar-refractivity contribution in [2.75, 3.05) is 59.4 Å². The molecule has 6 nitrogen and oxygen atoms in total. The average Bonchev–Trinajstić information content (AvgIpc) is 3.32. The summed E-state index contributed by atoms with van der Waals surface area (Å²) in [5.41, 5.74) is 1.10. The van der Waals surface area contributed by atoms with Crippen LogP contribution in [0.4, 0.5) is 4.39 Å². The van der Waals surface area contributed by atoms with Crippen molar-refractivity contribution in [3.8, 4) is 0 Å². The molecule has 1 aromatic rings. The van der Waals surface area contributed by atoms with Crippen molar-refractivity contribution in [3.63, 3.8) is 0 Å². The van der Waals surface area contributed by atoms with Gasteiger partial charge in [0.1, 0.15) is 5.82 Å². The molecule has 1 saturated carbocycles. The van der Waals surface area contributed by atoms with E-state index < -0.39 is 0 Å². The van der Waals surface area contributed by atoms with Crippen molar-refractivity contribution < 1.29 is 9.18 Å². The number of piperazine rings is 1. The van der Waals surface area contributed by atoms with Gasteiger partial charge >= 0.3 is 0 Å². The molecule has 0 radical (unpaired) electrons. The van der Waals surface area contributed by atoms with Gasteiger partial charge in [0.25, 0.3) is 0 Å². The Morgan fingerprint density at radius 3 is 2.40 bits per heavy atom. The van der Waals surface area contributed by atoms with E-state index in [0.717, 1.165) is 83.0 Å².